The van der Waals surface area contributed by atoms with Gasteiger partial charge >= 0.3 is 7.82 Å². The van der Waals surface area contributed by atoms with E-state index in [0.717, 1.165) is 35.5 Å². The Morgan fingerprint density at radius 3 is 1.88 bits per heavy atom. The molecule has 0 unspecified atom stereocenters. The van der Waals surface area contributed by atoms with Crippen molar-refractivity contribution in [2.45, 2.75) is 84.0 Å². The van der Waals surface area contributed by atoms with Gasteiger partial charge in [-0.3, -0.25) is 18.4 Å². The van der Waals surface area contributed by atoms with Crippen LogP contribution in [0.15, 0.2) is 84.9 Å². The molecule has 43 heavy (non-hydrogen) atoms. The van der Waals surface area contributed by atoms with E-state index < -0.39 is 13.9 Å². The van der Waals surface area contributed by atoms with E-state index in [4.69, 9.17) is 18.3 Å². The lowest BCUT2D eigenvalue weighted by Crippen LogP contribution is -2.54. The highest BCUT2D eigenvalue weighted by Crippen LogP contribution is 2.53. The monoisotopic (exact) mass is 607 g/mol. The van der Waals surface area contributed by atoms with Crippen LogP contribution in [0.1, 0.15) is 75.0 Å². The fourth-order valence-electron chi connectivity index (χ4n) is 4.86. The fourth-order valence-corrected chi connectivity index (χ4v) is 6.16. The number of hydrogen-bond donors (Lipinski definition) is 0. The lowest BCUT2D eigenvalue weighted by molar-refractivity contribution is -0.141. The van der Waals surface area contributed by atoms with Crippen LogP contribution < -0.4 is 4.74 Å². The van der Waals surface area contributed by atoms with Gasteiger partial charge in [0.1, 0.15) is 11.9 Å². The summed E-state index contributed by atoms with van der Waals surface area (Å²) in [5, 5.41) is 0. The van der Waals surface area contributed by atoms with Gasteiger partial charge in [0.15, 0.2) is 0 Å². The van der Waals surface area contributed by atoms with Crippen molar-refractivity contribution in [1.82, 2.24) is 4.90 Å². The molecular weight excluding hydrogens is 561 g/mol. The van der Waals surface area contributed by atoms with Gasteiger partial charge in [-0.15, -0.1) is 0 Å². The maximum atomic E-state index is 13.5. The predicted molar refractivity (Wildman–Crippen MR) is 170 cm³/mol. The highest BCUT2D eigenvalue weighted by molar-refractivity contribution is 7.48. The van der Waals surface area contributed by atoms with Gasteiger partial charge in [-0.2, -0.15) is 0 Å². The van der Waals surface area contributed by atoms with Crippen LogP contribution in [0.2, 0.25) is 0 Å². The largest absolute Gasteiger partial charge is 0.494 e. The van der Waals surface area contributed by atoms with Crippen molar-refractivity contribution < 1.29 is 27.7 Å². The molecule has 0 N–H and O–H groups in total. The van der Waals surface area contributed by atoms with E-state index in [9.17, 15) is 9.36 Å². The number of likely N-dealkylation sites (tertiary alicyclic amines) is 1. The molecule has 0 aliphatic carbocycles. The summed E-state index contributed by atoms with van der Waals surface area (Å²) in [5.41, 5.74) is 2.83. The van der Waals surface area contributed by atoms with Crippen LogP contribution in [-0.2, 0) is 42.6 Å². The molecule has 0 bridgehead atoms. The molecule has 3 aromatic carbocycles. The minimum atomic E-state index is -3.86. The van der Waals surface area contributed by atoms with E-state index in [1.807, 2.05) is 84.9 Å². The first-order valence-electron chi connectivity index (χ1n) is 15.7. The van der Waals surface area contributed by atoms with Crippen molar-refractivity contribution >= 4 is 13.7 Å². The van der Waals surface area contributed by atoms with E-state index in [2.05, 4.69) is 6.92 Å². The van der Waals surface area contributed by atoms with E-state index in [1.54, 1.807) is 4.90 Å². The van der Waals surface area contributed by atoms with Crippen molar-refractivity contribution in [3.63, 3.8) is 0 Å². The third-order valence-electron chi connectivity index (χ3n) is 7.51. The molecule has 0 atom stereocenters. The zero-order valence-electron chi connectivity index (χ0n) is 25.4. The van der Waals surface area contributed by atoms with Crippen molar-refractivity contribution in [2.24, 2.45) is 0 Å². The number of nitrogens with zero attached hydrogens (tertiary/aromatic N) is 1. The number of benzene rings is 3. The topological polar surface area (TPSA) is 74.3 Å². The molecule has 1 aliphatic heterocycles. The number of phosphoric acid groups is 1. The quantitative estimate of drug-likeness (QED) is 0.0947. The maximum absolute atomic E-state index is 13.5. The number of unbranched alkanes of at least 4 members (excludes halogenated alkanes) is 6. The first-order valence-corrected chi connectivity index (χ1v) is 17.1. The molecule has 7 nitrogen and oxygen atoms in total. The van der Waals surface area contributed by atoms with Crippen LogP contribution in [0, 0.1) is 0 Å². The average Bonchev–Trinajstić information content (AvgIpc) is 3.02. The van der Waals surface area contributed by atoms with Crippen LogP contribution in [0.5, 0.6) is 5.75 Å². The van der Waals surface area contributed by atoms with E-state index in [0.29, 0.717) is 25.9 Å². The molecule has 1 saturated heterocycles. The molecule has 0 aromatic heterocycles. The zero-order chi connectivity index (χ0) is 30.2. The summed E-state index contributed by atoms with van der Waals surface area (Å²) in [6, 6.07) is 27.0. The lowest BCUT2D eigenvalue weighted by Gasteiger charge is -2.39. The van der Waals surface area contributed by atoms with Gasteiger partial charge in [-0.1, -0.05) is 118 Å². The van der Waals surface area contributed by atoms with Crippen LogP contribution >= 0.6 is 7.82 Å². The lowest BCUT2D eigenvalue weighted by atomic mass is 10.1. The number of hydrogen-bond acceptors (Lipinski definition) is 6. The van der Waals surface area contributed by atoms with E-state index in [1.165, 1.54) is 38.5 Å². The third kappa shape index (κ3) is 11.9. The summed E-state index contributed by atoms with van der Waals surface area (Å²) >= 11 is 0. The predicted octanol–water partition coefficient (Wildman–Crippen LogP) is 8.52. The van der Waals surface area contributed by atoms with Gasteiger partial charge in [0.05, 0.1) is 19.8 Å². The summed E-state index contributed by atoms with van der Waals surface area (Å²) in [7, 11) is -3.86. The Morgan fingerprint density at radius 1 is 0.744 bits per heavy atom. The van der Waals surface area contributed by atoms with Crippen LogP contribution in [0.4, 0.5) is 0 Å². The average molecular weight is 608 g/mol. The van der Waals surface area contributed by atoms with Gasteiger partial charge in [-0.25, -0.2) is 4.57 Å². The first-order chi connectivity index (χ1) is 21.0. The Bertz CT molecular complexity index is 1200. The van der Waals surface area contributed by atoms with Crippen LogP contribution in [0.25, 0.3) is 0 Å². The highest BCUT2D eigenvalue weighted by Gasteiger charge is 2.39. The van der Waals surface area contributed by atoms with Crippen molar-refractivity contribution in [2.75, 3.05) is 19.7 Å². The summed E-state index contributed by atoms with van der Waals surface area (Å²) in [4.78, 5) is 14.5. The summed E-state index contributed by atoms with van der Waals surface area (Å²) in [5.74, 6) is 0.918. The zero-order valence-corrected chi connectivity index (χ0v) is 26.3. The Balaban J connectivity index is 1.16. The number of aryl methyl sites for hydroxylation is 1. The molecule has 1 fully saturated rings. The number of ether oxygens (including phenoxy) is 1. The molecule has 4 rings (SSSR count). The Labute approximate surface area is 257 Å². The minimum absolute atomic E-state index is 0.0457. The van der Waals surface area contributed by atoms with Gasteiger partial charge in [-0.05, 0) is 41.7 Å². The fraction of sp³-hybridized carbons (Fsp3) is 0.457. The van der Waals surface area contributed by atoms with Crippen LogP contribution in [-0.4, -0.2) is 36.6 Å². The maximum Gasteiger partial charge on any atom is 0.475 e. The molecule has 1 aliphatic rings. The second-order valence-corrected chi connectivity index (χ2v) is 12.7. The standard InChI is InChI=1S/C35H46NO6P/c1-2-3-4-5-6-7-14-25-39-33-22-19-30(20-23-33)21-24-35(37)36-26-34(27-36)42-43(38,40-28-31-15-10-8-11-16-31)41-29-32-17-12-9-13-18-32/h8-13,15-20,22-23,34H,2-7,14,21,24-29H2,1H3. The van der Waals surface area contributed by atoms with Crippen molar-refractivity contribution in [3.8, 4) is 5.75 Å². The van der Waals surface area contributed by atoms with Crippen molar-refractivity contribution in [3.05, 3.63) is 102 Å². The smallest absolute Gasteiger partial charge is 0.475 e. The second-order valence-electron chi connectivity index (χ2n) is 11.1. The van der Waals surface area contributed by atoms with Gasteiger partial charge in [0, 0.05) is 19.5 Å². The van der Waals surface area contributed by atoms with Gasteiger partial charge in [0.25, 0.3) is 0 Å². The molecule has 1 amide bonds. The number of carbonyl (C=O) groups is 1. The minimum Gasteiger partial charge on any atom is -0.494 e. The summed E-state index contributed by atoms with van der Waals surface area (Å²) < 4.78 is 36.7. The Morgan fingerprint density at radius 2 is 1.30 bits per heavy atom. The molecule has 0 saturated carbocycles. The number of rotatable bonds is 20. The molecule has 3 aromatic rings. The molecule has 232 valence electrons. The molecule has 0 radical (unpaired) electrons. The second kappa shape index (κ2) is 18.0. The summed E-state index contributed by atoms with van der Waals surface area (Å²) in [6.07, 6.45) is 9.49. The van der Waals surface area contributed by atoms with E-state index in [-0.39, 0.29) is 19.1 Å². The highest BCUT2D eigenvalue weighted by atomic mass is 31.2. The number of carbonyl (C=O) groups excluding carboxylic acids is 1. The number of amides is 1. The third-order valence-corrected chi connectivity index (χ3v) is 8.96. The number of phosphoric ester groups is 1. The Hall–Kier alpha value is -2.96. The van der Waals surface area contributed by atoms with Crippen molar-refractivity contribution in [1.29, 1.82) is 0 Å². The SMILES string of the molecule is CCCCCCCCCOc1ccc(CCC(=O)N2CC(OP(=O)(OCc3ccccc3)OCc3ccccc3)C2)cc1. The normalized spacial score (nSPS) is 13.6. The van der Waals surface area contributed by atoms with Gasteiger partial charge < -0.3 is 9.64 Å². The molecular formula is C35H46NO6P. The molecule has 0 spiro atoms. The summed E-state index contributed by atoms with van der Waals surface area (Å²) in [6.45, 7) is 3.90. The van der Waals surface area contributed by atoms with E-state index >= 15 is 0 Å². The molecule has 1 heterocycles. The van der Waals surface area contributed by atoms with Crippen LogP contribution in [0.3, 0.4) is 0 Å². The first kappa shape index (κ1) is 32.9. The molecule has 8 heteroatoms. The Kier molecular flexibility index (Phi) is 13.8. The van der Waals surface area contributed by atoms with Gasteiger partial charge in [0.2, 0.25) is 5.91 Å².